The Morgan fingerprint density at radius 3 is 2.88 bits per heavy atom. The summed E-state index contributed by atoms with van der Waals surface area (Å²) in [5.74, 6) is 0.651. The van der Waals surface area contributed by atoms with Crippen LogP contribution >= 0.6 is 15.9 Å². The summed E-state index contributed by atoms with van der Waals surface area (Å²) in [5.41, 5.74) is 1.05. The highest BCUT2D eigenvalue weighted by Crippen LogP contribution is 2.27. The van der Waals surface area contributed by atoms with Crippen LogP contribution in [0.3, 0.4) is 0 Å². The summed E-state index contributed by atoms with van der Waals surface area (Å²) in [5, 5.41) is 0. The minimum absolute atomic E-state index is 0.166. The van der Waals surface area contributed by atoms with Gasteiger partial charge in [-0.3, -0.25) is 4.90 Å². The molecular formula is C14H19BrFN. The molecule has 17 heavy (non-hydrogen) atoms. The molecule has 2 atom stereocenters. The van der Waals surface area contributed by atoms with E-state index in [4.69, 9.17) is 0 Å². The predicted molar refractivity (Wildman–Crippen MR) is 72.4 cm³/mol. The normalized spacial score (nSPS) is 26.1. The van der Waals surface area contributed by atoms with E-state index in [1.54, 1.807) is 6.07 Å². The van der Waals surface area contributed by atoms with E-state index in [-0.39, 0.29) is 5.82 Å². The van der Waals surface area contributed by atoms with Gasteiger partial charge >= 0.3 is 0 Å². The molecule has 1 nitrogen and oxygen atoms in total. The number of nitrogens with zero attached hydrogens (tertiary/aromatic N) is 1. The number of hydrogen-bond donors (Lipinski definition) is 0. The maximum Gasteiger partial charge on any atom is 0.137 e. The molecule has 2 unspecified atom stereocenters. The molecule has 1 fully saturated rings. The lowest BCUT2D eigenvalue weighted by Crippen LogP contribution is -2.39. The van der Waals surface area contributed by atoms with Gasteiger partial charge < -0.3 is 0 Å². The van der Waals surface area contributed by atoms with Crippen molar-refractivity contribution in [3.63, 3.8) is 0 Å². The summed E-state index contributed by atoms with van der Waals surface area (Å²) in [7, 11) is 0. The molecule has 0 aliphatic carbocycles. The molecule has 0 saturated carbocycles. The van der Waals surface area contributed by atoms with Gasteiger partial charge in [-0.2, -0.15) is 0 Å². The fraction of sp³-hybridized carbons (Fsp3) is 0.571. The first-order chi connectivity index (χ1) is 8.08. The van der Waals surface area contributed by atoms with Crippen molar-refractivity contribution >= 4 is 15.9 Å². The molecule has 1 aromatic carbocycles. The monoisotopic (exact) mass is 299 g/mol. The first-order valence-electron chi connectivity index (χ1n) is 6.25. The summed E-state index contributed by atoms with van der Waals surface area (Å²) in [4.78, 5) is 2.44. The third kappa shape index (κ3) is 3.08. The van der Waals surface area contributed by atoms with Crippen LogP contribution in [0.2, 0.25) is 0 Å². The molecule has 1 saturated heterocycles. The average molecular weight is 300 g/mol. The zero-order valence-corrected chi connectivity index (χ0v) is 12.0. The van der Waals surface area contributed by atoms with Gasteiger partial charge in [0.05, 0.1) is 4.47 Å². The Morgan fingerprint density at radius 1 is 1.41 bits per heavy atom. The standard InChI is InChI=1S/C14H19BrFN/c1-10-6-7-17(11(2)8-10)9-12-4-3-5-13(16)14(12)15/h3-5,10-11H,6-9H2,1-2H3. The Balaban J connectivity index is 2.08. The molecule has 2 rings (SSSR count). The molecule has 1 heterocycles. The SMILES string of the molecule is CC1CCN(Cc2cccc(F)c2Br)C(C)C1. The van der Waals surface area contributed by atoms with Crippen LogP contribution in [0.15, 0.2) is 22.7 Å². The van der Waals surface area contributed by atoms with Crippen LogP contribution in [0.25, 0.3) is 0 Å². The molecule has 1 aliphatic rings. The maximum atomic E-state index is 13.4. The first-order valence-corrected chi connectivity index (χ1v) is 7.04. The smallest absolute Gasteiger partial charge is 0.137 e. The second kappa shape index (κ2) is 5.49. The van der Waals surface area contributed by atoms with E-state index < -0.39 is 0 Å². The van der Waals surface area contributed by atoms with Gasteiger partial charge in [-0.15, -0.1) is 0 Å². The summed E-state index contributed by atoms with van der Waals surface area (Å²) in [6, 6.07) is 5.87. The van der Waals surface area contributed by atoms with Crippen LogP contribution in [0.1, 0.15) is 32.3 Å². The lowest BCUT2D eigenvalue weighted by Gasteiger charge is -2.36. The maximum absolute atomic E-state index is 13.4. The second-order valence-electron chi connectivity index (χ2n) is 5.16. The van der Waals surface area contributed by atoms with Gasteiger partial charge in [0.25, 0.3) is 0 Å². The highest BCUT2D eigenvalue weighted by atomic mass is 79.9. The van der Waals surface area contributed by atoms with E-state index in [0.29, 0.717) is 10.5 Å². The van der Waals surface area contributed by atoms with Crippen LogP contribution < -0.4 is 0 Å². The average Bonchev–Trinajstić information content (AvgIpc) is 2.28. The zero-order valence-electron chi connectivity index (χ0n) is 10.4. The molecule has 3 heteroatoms. The summed E-state index contributed by atoms with van der Waals surface area (Å²) in [6.07, 6.45) is 2.49. The number of piperidine rings is 1. The molecule has 0 spiro atoms. The minimum atomic E-state index is -0.166. The number of hydrogen-bond acceptors (Lipinski definition) is 1. The summed E-state index contributed by atoms with van der Waals surface area (Å²) in [6.45, 7) is 6.53. The van der Waals surface area contributed by atoms with E-state index in [1.807, 2.05) is 6.07 Å². The highest BCUT2D eigenvalue weighted by molar-refractivity contribution is 9.10. The quantitative estimate of drug-likeness (QED) is 0.791. The Hall–Kier alpha value is -0.410. The van der Waals surface area contributed by atoms with Crippen LogP contribution in [0, 0.1) is 11.7 Å². The van der Waals surface area contributed by atoms with E-state index >= 15 is 0 Å². The van der Waals surface area contributed by atoms with Crippen LogP contribution in [0.5, 0.6) is 0 Å². The van der Waals surface area contributed by atoms with Crippen LogP contribution in [0.4, 0.5) is 4.39 Å². The molecule has 0 bridgehead atoms. The Labute approximate surface area is 111 Å². The Kier molecular flexibility index (Phi) is 4.21. The third-order valence-corrected chi connectivity index (χ3v) is 4.57. The van der Waals surface area contributed by atoms with Gasteiger partial charge in [-0.05, 0) is 59.8 Å². The van der Waals surface area contributed by atoms with Crippen LogP contribution in [-0.2, 0) is 6.54 Å². The van der Waals surface area contributed by atoms with E-state index in [9.17, 15) is 4.39 Å². The predicted octanol–water partition coefficient (Wildman–Crippen LogP) is 4.21. The first kappa shape index (κ1) is 13.0. The summed E-state index contributed by atoms with van der Waals surface area (Å²) < 4.78 is 14.0. The largest absolute Gasteiger partial charge is 0.296 e. The lowest BCUT2D eigenvalue weighted by atomic mass is 9.93. The van der Waals surface area contributed by atoms with Gasteiger partial charge in [-0.1, -0.05) is 19.1 Å². The number of benzene rings is 1. The molecule has 0 N–H and O–H groups in total. The Morgan fingerprint density at radius 2 is 2.18 bits per heavy atom. The fourth-order valence-corrected chi connectivity index (χ4v) is 2.97. The lowest BCUT2D eigenvalue weighted by molar-refractivity contribution is 0.122. The Bertz CT molecular complexity index is 394. The van der Waals surface area contributed by atoms with E-state index in [0.717, 1.165) is 24.6 Å². The van der Waals surface area contributed by atoms with Gasteiger partial charge in [0.1, 0.15) is 5.82 Å². The van der Waals surface area contributed by atoms with Crippen molar-refractivity contribution in [1.29, 1.82) is 0 Å². The number of halogens is 2. The second-order valence-corrected chi connectivity index (χ2v) is 5.95. The molecule has 0 radical (unpaired) electrons. The van der Waals surface area contributed by atoms with Crippen molar-refractivity contribution in [2.45, 2.75) is 39.3 Å². The highest BCUT2D eigenvalue weighted by Gasteiger charge is 2.23. The number of likely N-dealkylation sites (tertiary alicyclic amines) is 1. The molecular weight excluding hydrogens is 281 g/mol. The molecule has 1 aromatic rings. The van der Waals surface area contributed by atoms with E-state index in [2.05, 4.69) is 34.7 Å². The van der Waals surface area contributed by atoms with Crippen LogP contribution in [-0.4, -0.2) is 17.5 Å². The van der Waals surface area contributed by atoms with E-state index in [1.165, 1.54) is 18.9 Å². The number of rotatable bonds is 2. The van der Waals surface area contributed by atoms with Crippen molar-refractivity contribution < 1.29 is 4.39 Å². The van der Waals surface area contributed by atoms with Gasteiger partial charge in [0.2, 0.25) is 0 Å². The van der Waals surface area contributed by atoms with Crippen molar-refractivity contribution in [3.8, 4) is 0 Å². The fourth-order valence-electron chi connectivity index (χ4n) is 2.58. The van der Waals surface area contributed by atoms with Gasteiger partial charge in [0, 0.05) is 12.6 Å². The molecule has 94 valence electrons. The molecule has 1 aliphatic heterocycles. The topological polar surface area (TPSA) is 3.24 Å². The van der Waals surface area contributed by atoms with Crippen molar-refractivity contribution in [1.82, 2.24) is 4.90 Å². The molecule has 0 aromatic heterocycles. The van der Waals surface area contributed by atoms with Crippen molar-refractivity contribution in [2.75, 3.05) is 6.54 Å². The van der Waals surface area contributed by atoms with Gasteiger partial charge in [-0.25, -0.2) is 4.39 Å². The third-order valence-electron chi connectivity index (χ3n) is 3.68. The van der Waals surface area contributed by atoms with Gasteiger partial charge in [0.15, 0.2) is 0 Å². The van der Waals surface area contributed by atoms with Crippen molar-refractivity contribution in [3.05, 3.63) is 34.1 Å². The van der Waals surface area contributed by atoms with Crippen molar-refractivity contribution in [2.24, 2.45) is 5.92 Å². The minimum Gasteiger partial charge on any atom is -0.296 e. The summed E-state index contributed by atoms with van der Waals surface area (Å²) >= 11 is 3.34. The molecule has 0 amide bonds. The zero-order chi connectivity index (χ0) is 12.4.